The maximum Gasteiger partial charge on any atom is 0.239 e. The number of nitrogens with one attached hydrogen (secondary N) is 2. The van der Waals surface area contributed by atoms with Gasteiger partial charge in [0.15, 0.2) is 0 Å². The molecule has 0 aromatic carbocycles. The van der Waals surface area contributed by atoms with Crippen molar-refractivity contribution in [1.82, 2.24) is 24.8 Å². The van der Waals surface area contributed by atoms with Crippen molar-refractivity contribution in [1.29, 1.82) is 0 Å². The van der Waals surface area contributed by atoms with Crippen molar-refractivity contribution in [3.8, 4) is 0 Å². The van der Waals surface area contributed by atoms with E-state index >= 15 is 0 Å². The van der Waals surface area contributed by atoms with Gasteiger partial charge in [-0.05, 0) is 12.8 Å². The normalized spacial score (nSPS) is 17.9. The Balaban J connectivity index is 1.52. The van der Waals surface area contributed by atoms with E-state index in [9.17, 15) is 4.79 Å². The quantitative estimate of drug-likeness (QED) is 0.758. The minimum absolute atomic E-state index is 0.0162. The van der Waals surface area contributed by atoms with Crippen LogP contribution < -0.4 is 5.73 Å². The van der Waals surface area contributed by atoms with Crippen LogP contribution in [0.5, 0.6) is 0 Å². The monoisotopic (exact) mass is 288 g/mol. The van der Waals surface area contributed by atoms with Crippen LogP contribution in [0.4, 0.5) is 0 Å². The largest absolute Gasteiger partial charge is 0.348 e. The van der Waals surface area contributed by atoms with Gasteiger partial charge in [-0.25, -0.2) is 9.97 Å². The van der Waals surface area contributed by atoms with Crippen LogP contribution in [-0.2, 0) is 11.2 Å². The fraction of sp³-hybridized carbons (Fsp3) is 0.500. The molecule has 2 aromatic heterocycles. The first-order valence-corrected chi connectivity index (χ1v) is 7.25. The van der Waals surface area contributed by atoms with E-state index in [1.165, 1.54) is 0 Å². The summed E-state index contributed by atoms with van der Waals surface area (Å²) in [5.41, 5.74) is 6.90. The minimum atomic E-state index is -0.509. The molecule has 7 heteroatoms. The summed E-state index contributed by atoms with van der Waals surface area (Å²) < 4.78 is 0. The average Bonchev–Trinajstić information content (AvgIpc) is 3.20. The Labute approximate surface area is 123 Å². The molecular formula is C14H20N6O. The molecule has 112 valence electrons. The van der Waals surface area contributed by atoms with Gasteiger partial charge in [-0.3, -0.25) is 4.79 Å². The molecule has 0 radical (unpaired) electrons. The van der Waals surface area contributed by atoms with Crippen molar-refractivity contribution in [3.05, 3.63) is 36.4 Å². The number of rotatable bonds is 4. The highest BCUT2D eigenvalue weighted by Gasteiger charge is 2.28. The zero-order valence-electron chi connectivity index (χ0n) is 11.8. The molecule has 0 aliphatic carbocycles. The van der Waals surface area contributed by atoms with Gasteiger partial charge in [0.05, 0.1) is 12.4 Å². The lowest BCUT2D eigenvalue weighted by atomic mass is 9.95. The van der Waals surface area contributed by atoms with Gasteiger partial charge in [0.2, 0.25) is 5.91 Å². The number of hydrogen-bond donors (Lipinski definition) is 3. The Morgan fingerprint density at radius 2 is 2.24 bits per heavy atom. The summed E-state index contributed by atoms with van der Waals surface area (Å²) >= 11 is 0. The highest BCUT2D eigenvalue weighted by molar-refractivity contribution is 5.82. The van der Waals surface area contributed by atoms with E-state index in [0.717, 1.165) is 37.4 Å². The topological polar surface area (TPSA) is 104 Å². The van der Waals surface area contributed by atoms with Crippen LogP contribution in [0, 0.1) is 0 Å². The number of H-pyrrole nitrogens is 2. The van der Waals surface area contributed by atoms with E-state index in [1.54, 1.807) is 18.7 Å². The second kappa shape index (κ2) is 6.09. The standard InChI is InChI=1S/C14H20N6O/c15-12(7-11-8-16-9-19-11)14(21)20-5-1-10(2-6-20)13-17-3-4-18-13/h3-4,8-10,12H,1-2,5-7,15H2,(H,16,19)(H,17,18)/t12-/m0/s1. The van der Waals surface area contributed by atoms with Crippen LogP contribution in [0.2, 0.25) is 0 Å². The summed E-state index contributed by atoms with van der Waals surface area (Å²) in [6.45, 7) is 1.47. The second-order valence-electron chi connectivity index (χ2n) is 5.46. The number of nitrogens with zero attached hydrogens (tertiary/aromatic N) is 3. The number of carbonyl (C=O) groups is 1. The third kappa shape index (κ3) is 3.13. The number of likely N-dealkylation sites (tertiary alicyclic amines) is 1. The lowest BCUT2D eigenvalue weighted by molar-refractivity contribution is -0.133. The number of hydrogen-bond acceptors (Lipinski definition) is 4. The smallest absolute Gasteiger partial charge is 0.239 e. The highest BCUT2D eigenvalue weighted by Crippen LogP contribution is 2.25. The third-order valence-corrected chi connectivity index (χ3v) is 4.02. The first-order chi connectivity index (χ1) is 10.2. The molecule has 0 unspecified atom stereocenters. The molecule has 3 heterocycles. The average molecular weight is 288 g/mol. The summed E-state index contributed by atoms with van der Waals surface area (Å²) in [6.07, 6.45) is 9.26. The molecule has 0 saturated carbocycles. The van der Waals surface area contributed by atoms with Crippen molar-refractivity contribution in [2.24, 2.45) is 5.73 Å². The predicted molar refractivity (Wildman–Crippen MR) is 77.4 cm³/mol. The molecule has 0 spiro atoms. The lowest BCUT2D eigenvalue weighted by Crippen LogP contribution is -2.47. The Morgan fingerprint density at radius 3 is 2.86 bits per heavy atom. The minimum Gasteiger partial charge on any atom is -0.348 e. The molecule has 1 saturated heterocycles. The SMILES string of the molecule is N[C@@H](Cc1cnc[nH]1)C(=O)N1CCC(c2ncc[nH]2)CC1. The summed E-state index contributed by atoms with van der Waals surface area (Å²) in [7, 11) is 0. The Hall–Kier alpha value is -2.15. The number of carbonyl (C=O) groups excluding carboxylic acids is 1. The maximum absolute atomic E-state index is 12.4. The van der Waals surface area contributed by atoms with E-state index in [2.05, 4.69) is 19.9 Å². The molecule has 1 atom stereocenters. The number of aromatic nitrogens is 4. The Morgan fingerprint density at radius 1 is 1.43 bits per heavy atom. The molecule has 2 aromatic rings. The van der Waals surface area contributed by atoms with Crippen LogP contribution in [0.1, 0.15) is 30.3 Å². The zero-order chi connectivity index (χ0) is 14.7. The molecule has 0 bridgehead atoms. The first kappa shape index (κ1) is 13.8. The summed E-state index contributed by atoms with van der Waals surface area (Å²) in [5.74, 6) is 1.44. The van der Waals surface area contributed by atoms with Gasteiger partial charge in [-0.1, -0.05) is 0 Å². The molecule has 1 aliphatic heterocycles. The van der Waals surface area contributed by atoms with Crippen LogP contribution in [-0.4, -0.2) is 49.9 Å². The summed E-state index contributed by atoms with van der Waals surface area (Å²) in [6, 6.07) is -0.509. The molecule has 1 amide bonds. The van der Waals surface area contributed by atoms with Crippen molar-refractivity contribution in [2.45, 2.75) is 31.2 Å². The molecule has 7 nitrogen and oxygen atoms in total. The van der Waals surface area contributed by atoms with Gasteiger partial charge in [0.1, 0.15) is 5.82 Å². The first-order valence-electron chi connectivity index (χ1n) is 7.25. The van der Waals surface area contributed by atoms with E-state index in [4.69, 9.17) is 5.73 Å². The number of piperidine rings is 1. The summed E-state index contributed by atoms with van der Waals surface area (Å²) in [4.78, 5) is 28.6. The Bertz CT molecular complexity index is 556. The fourth-order valence-electron chi connectivity index (χ4n) is 2.83. The van der Waals surface area contributed by atoms with Crippen molar-refractivity contribution in [2.75, 3.05) is 13.1 Å². The zero-order valence-corrected chi connectivity index (χ0v) is 11.8. The van der Waals surface area contributed by atoms with Crippen LogP contribution >= 0.6 is 0 Å². The van der Waals surface area contributed by atoms with Crippen molar-refractivity contribution < 1.29 is 4.79 Å². The van der Waals surface area contributed by atoms with E-state index in [0.29, 0.717) is 12.3 Å². The second-order valence-corrected chi connectivity index (χ2v) is 5.46. The lowest BCUT2D eigenvalue weighted by Gasteiger charge is -2.32. The fourth-order valence-corrected chi connectivity index (χ4v) is 2.83. The summed E-state index contributed by atoms with van der Waals surface area (Å²) in [5, 5.41) is 0. The molecule has 3 rings (SSSR count). The van der Waals surface area contributed by atoms with Gasteiger partial charge in [0.25, 0.3) is 0 Å². The van der Waals surface area contributed by atoms with E-state index in [-0.39, 0.29) is 5.91 Å². The third-order valence-electron chi connectivity index (χ3n) is 4.02. The van der Waals surface area contributed by atoms with Crippen molar-refractivity contribution in [3.63, 3.8) is 0 Å². The number of imidazole rings is 2. The van der Waals surface area contributed by atoms with Crippen LogP contribution in [0.15, 0.2) is 24.9 Å². The number of amides is 1. The van der Waals surface area contributed by atoms with E-state index < -0.39 is 6.04 Å². The highest BCUT2D eigenvalue weighted by atomic mass is 16.2. The van der Waals surface area contributed by atoms with Crippen LogP contribution in [0.3, 0.4) is 0 Å². The Kier molecular flexibility index (Phi) is 4.01. The van der Waals surface area contributed by atoms with Gasteiger partial charge < -0.3 is 20.6 Å². The molecule has 1 fully saturated rings. The van der Waals surface area contributed by atoms with Gasteiger partial charge in [0, 0.05) is 49.7 Å². The van der Waals surface area contributed by atoms with Gasteiger partial charge >= 0.3 is 0 Å². The maximum atomic E-state index is 12.4. The van der Waals surface area contributed by atoms with Gasteiger partial charge in [-0.2, -0.15) is 0 Å². The predicted octanol–water partition coefficient (Wildman–Crippen LogP) is 0.409. The molecule has 21 heavy (non-hydrogen) atoms. The molecular weight excluding hydrogens is 268 g/mol. The number of aromatic amines is 2. The molecule has 4 N–H and O–H groups in total. The van der Waals surface area contributed by atoms with Crippen LogP contribution in [0.25, 0.3) is 0 Å². The van der Waals surface area contributed by atoms with Crippen molar-refractivity contribution >= 4 is 5.91 Å². The number of nitrogens with two attached hydrogens (primary N) is 1. The van der Waals surface area contributed by atoms with E-state index in [1.807, 2.05) is 11.1 Å². The van der Waals surface area contributed by atoms with Gasteiger partial charge in [-0.15, -0.1) is 0 Å². The molecule has 1 aliphatic rings.